The lowest BCUT2D eigenvalue weighted by molar-refractivity contribution is -0.00923. The van der Waals surface area contributed by atoms with Crippen molar-refractivity contribution in [1.29, 1.82) is 0 Å². The van der Waals surface area contributed by atoms with Crippen LogP contribution in [-0.4, -0.2) is 59.0 Å². The molecule has 0 bridgehead atoms. The fourth-order valence-corrected chi connectivity index (χ4v) is 2.39. The highest BCUT2D eigenvalue weighted by atomic mass is 16.5. The van der Waals surface area contributed by atoms with E-state index in [-0.39, 0.29) is 11.4 Å². The molecule has 1 saturated heterocycles. The highest BCUT2D eigenvalue weighted by Gasteiger charge is 2.29. The van der Waals surface area contributed by atoms with Crippen molar-refractivity contribution in [2.45, 2.75) is 26.3 Å². The quantitative estimate of drug-likeness (QED) is 0.876. The number of carbonyl (C=O) groups excluding carboxylic acids is 1. The van der Waals surface area contributed by atoms with Crippen LogP contribution in [0.2, 0.25) is 0 Å². The van der Waals surface area contributed by atoms with Gasteiger partial charge in [-0.2, -0.15) is 5.10 Å². The van der Waals surface area contributed by atoms with Gasteiger partial charge in [-0.25, -0.2) is 0 Å². The van der Waals surface area contributed by atoms with Crippen molar-refractivity contribution in [3.05, 3.63) is 17.5 Å². The first kappa shape index (κ1) is 15.0. The summed E-state index contributed by atoms with van der Waals surface area (Å²) in [6.07, 6.45) is 1.62. The predicted molar refractivity (Wildman–Crippen MR) is 76.7 cm³/mol. The first-order chi connectivity index (χ1) is 9.42. The third kappa shape index (κ3) is 3.19. The molecule has 0 aromatic carbocycles. The lowest BCUT2D eigenvalue weighted by atomic mass is 10.0. The van der Waals surface area contributed by atoms with Crippen LogP contribution in [0.4, 0.5) is 0 Å². The van der Waals surface area contributed by atoms with Gasteiger partial charge >= 0.3 is 0 Å². The molecular weight excluding hydrogens is 256 g/mol. The van der Waals surface area contributed by atoms with Crippen LogP contribution in [0.5, 0.6) is 0 Å². The number of amides is 1. The maximum atomic E-state index is 12.2. The number of ether oxygens (including phenoxy) is 1. The Hall–Kier alpha value is -1.40. The Morgan fingerprint density at radius 1 is 1.45 bits per heavy atom. The number of aryl methyl sites for hydroxylation is 1. The Morgan fingerprint density at radius 2 is 2.10 bits per heavy atom. The number of nitrogens with zero attached hydrogens (tertiary/aromatic N) is 3. The van der Waals surface area contributed by atoms with E-state index in [0.29, 0.717) is 12.1 Å². The first-order valence-electron chi connectivity index (χ1n) is 7.01. The highest BCUT2D eigenvalue weighted by molar-refractivity contribution is 5.95. The fraction of sp³-hybridized carbons (Fsp3) is 0.714. The smallest absolute Gasteiger partial charge is 0.254 e. The Balaban J connectivity index is 1.93. The number of hydrogen-bond acceptors (Lipinski definition) is 4. The summed E-state index contributed by atoms with van der Waals surface area (Å²) in [4.78, 5) is 14.6. The SMILES string of the molecule is Cc1c(C(=O)NCC(C)(C)N2CCOCC2)cnn1C. The van der Waals surface area contributed by atoms with Crippen LogP contribution in [0.15, 0.2) is 6.20 Å². The van der Waals surface area contributed by atoms with Crippen molar-refractivity contribution in [1.82, 2.24) is 20.0 Å². The largest absolute Gasteiger partial charge is 0.379 e. The highest BCUT2D eigenvalue weighted by Crippen LogP contribution is 2.15. The third-order valence-corrected chi connectivity index (χ3v) is 4.03. The van der Waals surface area contributed by atoms with Gasteiger partial charge in [0.1, 0.15) is 0 Å². The minimum Gasteiger partial charge on any atom is -0.379 e. The lowest BCUT2D eigenvalue weighted by Crippen LogP contribution is -2.55. The van der Waals surface area contributed by atoms with E-state index in [4.69, 9.17) is 4.74 Å². The molecule has 6 heteroatoms. The number of hydrogen-bond donors (Lipinski definition) is 1. The van der Waals surface area contributed by atoms with Crippen molar-refractivity contribution in [2.24, 2.45) is 7.05 Å². The normalized spacial score (nSPS) is 17.2. The zero-order valence-electron chi connectivity index (χ0n) is 12.8. The molecule has 2 rings (SSSR count). The van der Waals surface area contributed by atoms with Crippen LogP contribution in [0.3, 0.4) is 0 Å². The molecule has 0 radical (unpaired) electrons. The Kier molecular flexibility index (Phi) is 4.45. The van der Waals surface area contributed by atoms with Gasteiger partial charge in [0.25, 0.3) is 5.91 Å². The molecule has 1 aromatic heterocycles. The van der Waals surface area contributed by atoms with Gasteiger partial charge in [-0.05, 0) is 20.8 Å². The van der Waals surface area contributed by atoms with Crippen molar-refractivity contribution in [3.63, 3.8) is 0 Å². The molecule has 20 heavy (non-hydrogen) atoms. The molecule has 1 aliphatic rings. The fourth-order valence-electron chi connectivity index (χ4n) is 2.39. The molecule has 1 fully saturated rings. The van der Waals surface area contributed by atoms with E-state index in [1.165, 1.54) is 0 Å². The molecule has 112 valence electrons. The van der Waals surface area contributed by atoms with E-state index in [1.54, 1.807) is 10.9 Å². The van der Waals surface area contributed by atoms with E-state index in [2.05, 4.69) is 29.2 Å². The van der Waals surface area contributed by atoms with E-state index in [0.717, 1.165) is 32.0 Å². The summed E-state index contributed by atoms with van der Waals surface area (Å²) in [5.74, 6) is -0.0584. The van der Waals surface area contributed by atoms with Gasteiger partial charge in [0.2, 0.25) is 0 Å². The second kappa shape index (κ2) is 5.93. The zero-order valence-corrected chi connectivity index (χ0v) is 12.8. The summed E-state index contributed by atoms with van der Waals surface area (Å²) < 4.78 is 7.08. The average molecular weight is 280 g/mol. The van der Waals surface area contributed by atoms with E-state index in [1.807, 2.05) is 14.0 Å². The third-order valence-electron chi connectivity index (χ3n) is 4.03. The summed E-state index contributed by atoms with van der Waals surface area (Å²) in [5, 5.41) is 7.12. The summed E-state index contributed by atoms with van der Waals surface area (Å²) in [5.41, 5.74) is 1.45. The minimum absolute atomic E-state index is 0.0584. The molecule has 0 unspecified atom stereocenters. The van der Waals surface area contributed by atoms with E-state index < -0.39 is 0 Å². The van der Waals surface area contributed by atoms with Crippen molar-refractivity contribution >= 4 is 5.91 Å². The molecule has 6 nitrogen and oxygen atoms in total. The van der Waals surface area contributed by atoms with Crippen molar-refractivity contribution < 1.29 is 9.53 Å². The number of rotatable bonds is 4. The monoisotopic (exact) mass is 280 g/mol. The molecule has 1 aliphatic heterocycles. The maximum absolute atomic E-state index is 12.2. The van der Waals surface area contributed by atoms with Gasteiger partial charge in [-0.1, -0.05) is 0 Å². The van der Waals surface area contributed by atoms with Crippen molar-refractivity contribution in [3.8, 4) is 0 Å². The predicted octanol–water partition coefficient (Wildman–Crippen LogP) is 0.569. The summed E-state index contributed by atoms with van der Waals surface area (Å²) >= 11 is 0. The van der Waals surface area contributed by atoms with Gasteiger partial charge in [-0.15, -0.1) is 0 Å². The molecule has 0 atom stereocenters. The van der Waals surface area contributed by atoms with E-state index >= 15 is 0 Å². The summed E-state index contributed by atoms with van der Waals surface area (Å²) in [7, 11) is 1.84. The molecule has 0 aliphatic carbocycles. The average Bonchev–Trinajstić information content (AvgIpc) is 2.78. The summed E-state index contributed by atoms with van der Waals surface area (Å²) in [6, 6.07) is 0. The minimum atomic E-state index is -0.0739. The molecular formula is C14H24N4O2. The van der Waals surface area contributed by atoms with Gasteiger partial charge in [0.05, 0.1) is 25.0 Å². The topological polar surface area (TPSA) is 59.4 Å². The Labute approximate surface area is 120 Å². The van der Waals surface area contributed by atoms with Crippen LogP contribution in [-0.2, 0) is 11.8 Å². The number of carbonyl (C=O) groups is 1. The molecule has 1 N–H and O–H groups in total. The molecule has 1 amide bonds. The molecule has 1 aromatic rings. The summed E-state index contributed by atoms with van der Waals surface area (Å²) in [6.45, 7) is 10.2. The van der Waals surface area contributed by atoms with Crippen LogP contribution in [0, 0.1) is 6.92 Å². The van der Waals surface area contributed by atoms with Crippen LogP contribution in [0.1, 0.15) is 29.9 Å². The van der Waals surface area contributed by atoms with Crippen LogP contribution < -0.4 is 5.32 Å². The Bertz CT molecular complexity index is 476. The van der Waals surface area contributed by atoms with Gasteiger partial charge < -0.3 is 10.1 Å². The second-order valence-electron chi connectivity index (χ2n) is 5.86. The molecule has 2 heterocycles. The first-order valence-corrected chi connectivity index (χ1v) is 7.01. The number of nitrogens with one attached hydrogen (secondary N) is 1. The molecule has 0 saturated carbocycles. The van der Waals surface area contributed by atoms with Gasteiger partial charge in [0.15, 0.2) is 0 Å². The Morgan fingerprint density at radius 3 is 2.65 bits per heavy atom. The standard InChI is InChI=1S/C14H24N4O2/c1-11-12(9-16-17(11)4)13(19)15-10-14(2,3)18-5-7-20-8-6-18/h9H,5-8,10H2,1-4H3,(H,15,19). The zero-order chi connectivity index (χ0) is 14.8. The van der Waals surface area contributed by atoms with Crippen LogP contribution >= 0.6 is 0 Å². The number of morpholine rings is 1. The van der Waals surface area contributed by atoms with Gasteiger partial charge in [-0.3, -0.25) is 14.4 Å². The lowest BCUT2D eigenvalue weighted by Gasteiger charge is -2.40. The van der Waals surface area contributed by atoms with E-state index in [9.17, 15) is 4.79 Å². The number of aromatic nitrogens is 2. The van der Waals surface area contributed by atoms with Crippen molar-refractivity contribution in [2.75, 3.05) is 32.8 Å². The van der Waals surface area contributed by atoms with Crippen LogP contribution in [0.25, 0.3) is 0 Å². The maximum Gasteiger partial charge on any atom is 0.254 e. The molecule has 0 spiro atoms. The van der Waals surface area contributed by atoms with Gasteiger partial charge in [0, 0.05) is 37.9 Å². The second-order valence-corrected chi connectivity index (χ2v) is 5.86.